The van der Waals surface area contributed by atoms with Crippen molar-refractivity contribution >= 4 is 12.0 Å². The van der Waals surface area contributed by atoms with Gasteiger partial charge in [0.2, 0.25) is 0 Å². The number of nitrogens with zero attached hydrogens (tertiary/aromatic N) is 2. The van der Waals surface area contributed by atoms with Gasteiger partial charge in [0.25, 0.3) is 0 Å². The Hall–Kier alpha value is -1.34. The fourth-order valence-corrected chi connectivity index (χ4v) is 3.03. The summed E-state index contributed by atoms with van der Waals surface area (Å²) in [6.45, 7) is 2.92. The van der Waals surface area contributed by atoms with Crippen LogP contribution < -0.4 is 0 Å². The Kier molecular flexibility index (Phi) is 4.49. The molecule has 7 heteroatoms. The van der Waals surface area contributed by atoms with Gasteiger partial charge < -0.3 is 24.7 Å². The summed E-state index contributed by atoms with van der Waals surface area (Å²) in [7, 11) is 1.61. The number of carboxylic acids is 1. The van der Waals surface area contributed by atoms with Crippen molar-refractivity contribution in [3.8, 4) is 0 Å². The summed E-state index contributed by atoms with van der Waals surface area (Å²) in [6, 6.07) is -0.860. The maximum Gasteiger partial charge on any atom is 0.320 e. The largest absolute Gasteiger partial charge is 0.481 e. The molecule has 0 bridgehead atoms. The van der Waals surface area contributed by atoms with Crippen LogP contribution in [0.15, 0.2) is 0 Å². The van der Waals surface area contributed by atoms with Gasteiger partial charge in [-0.05, 0) is 12.3 Å². The van der Waals surface area contributed by atoms with Gasteiger partial charge >= 0.3 is 12.0 Å². The van der Waals surface area contributed by atoms with E-state index in [9.17, 15) is 14.7 Å². The Balaban J connectivity index is 2.07. The molecule has 2 aliphatic heterocycles. The highest BCUT2D eigenvalue weighted by molar-refractivity contribution is 5.77. The third kappa shape index (κ3) is 2.60. The number of aliphatic hydroxyl groups excluding tert-OH is 1. The molecule has 0 aromatic carbocycles. The number of amides is 2. The first-order chi connectivity index (χ1) is 9.47. The molecule has 2 fully saturated rings. The molecule has 0 radical (unpaired) electrons. The Morgan fingerprint density at radius 2 is 2.10 bits per heavy atom. The summed E-state index contributed by atoms with van der Waals surface area (Å²) in [5.74, 6) is -1.37. The molecule has 4 unspecified atom stereocenters. The number of ether oxygens (including phenoxy) is 1. The van der Waals surface area contributed by atoms with Gasteiger partial charge in [-0.2, -0.15) is 0 Å². The lowest BCUT2D eigenvalue weighted by atomic mass is 10.0. The predicted molar refractivity (Wildman–Crippen MR) is 70.3 cm³/mol. The topological polar surface area (TPSA) is 90.3 Å². The molecule has 2 heterocycles. The van der Waals surface area contributed by atoms with Crippen LogP contribution in [0.2, 0.25) is 0 Å². The van der Waals surface area contributed by atoms with Crippen LogP contribution in [0.5, 0.6) is 0 Å². The number of hydrogen-bond donors (Lipinski definition) is 2. The van der Waals surface area contributed by atoms with Crippen molar-refractivity contribution in [2.75, 3.05) is 33.4 Å². The molecule has 0 aliphatic carbocycles. The maximum atomic E-state index is 12.5. The van der Waals surface area contributed by atoms with E-state index in [4.69, 9.17) is 9.84 Å². The SMILES string of the molecule is CC1CCN(C(=O)N(C)C2COCC2C(=O)O)C1CO. The molecule has 2 aliphatic rings. The zero-order valence-electron chi connectivity index (χ0n) is 11.9. The van der Waals surface area contributed by atoms with Gasteiger partial charge in [0.05, 0.1) is 31.9 Å². The van der Waals surface area contributed by atoms with E-state index < -0.39 is 17.9 Å². The fourth-order valence-electron chi connectivity index (χ4n) is 3.03. The summed E-state index contributed by atoms with van der Waals surface area (Å²) in [4.78, 5) is 26.8. The highest BCUT2D eigenvalue weighted by Gasteiger charge is 2.42. The van der Waals surface area contributed by atoms with Gasteiger partial charge in [-0.3, -0.25) is 4.79 Å². The van der Waals surface area contributed by atoms with E-state index in [-0.39, 0.29) is 37.8 Å². The average molecular weight is 286 g/mol. The fraction of sp³-hybridized carbons (Fsp3) is 0.846. The minimum Gasteiger partial charge on any atom is -0.481 e. The third-order valence-electron chi connectivity index (χ3n) is 4.48. The molecule has 2 saturated heterocycles. The van der Waals surface area contributed by atoms with Crippen LogP contribution in [0.1, 0.15) is 13.3 Å². The zero-order valence-corrected chi connectivity index (χ0v) is 11.9. The normalized spacial score (nSPS) is 33.5. The summed E-state index contributed by atoms with van der Waals surface area (Å²) in [6.07, 6.45) is 0.855. The van der Waals surface area contributed by atoms with Crippen LogP contribution in [0, 0.1) is 11.8 Å². The summed E-state index contributed by atoms with van der Waals surface area (Å²) in [5.41, 5.74) is 0. The standard InChI is InChI=1S/C13H22N2O5/c1-8-3-4-15(10(8)5-16)13(19)14(2)11-7-20-6-9(11)12(17)18/h8-11,16H,3-7H2,1-2H3,(H,17,18). The van der Waals surface area contributed by atoms with Crippen LogP contribution in [0.4, 0.5) is 4.79 Å². The minimum absolute atomic E-state index is 0.0652. The lowest BCUT2D eigenvalue weighted by Crippen LogP contribution is -2.52. The number of aliphatic hydroxyl groups is 1. The molecule has 2 N–H and O–H groups in total. The lowest BCUT2D eigenvalue weighted by Gasteiger charge is -2.33. The van der Waals surface area contributed by atoms with Crippen LogP contribution in [-0.4, -0.2) is 77.5 Å². The molecule has 2 rings (SSSR count). The van der Waals surface area contributed by atoms with E-state index in [1.807, 2.05) is 6.92 Å². The average Bonchev–Trinajstić information content (AvgIpc) is 3.03. The van der Waals surface area contributed by atoms with Crippen molar-refractivity contribution in [2.45, 2.75) is 25.4 Å². The van der Waals surface area contributed by atoms with Crippen molar-refractivity contribution in [2.24, 2.45) is 11.8 Å². The maximum absolute atomic E-state index is 12.5. The highest BCUT2D eigenvalue weighted by atomic mass is 16.5. The van der Waals surface area contributed by atoms with Gasteiger partial charge in [0.1, 0.15) is 5.92 Å². The molecule has 7 nitrogen and oxygen atoms in total. The second-order valence-electron chi connectivity index (χ2n) is 5.65. The number of hydrogen-bond acceptors (Lipinski definition) is 4. The first-order valence-corrected chi connectivity index (χ1v) is 6.92. The van der Waals surface area contributed by atoms with E-state index in [1.54, 1.807) is 11.9 Å². The summed E-state index contributed by atoms with van der Waals surface area (Å²) in [5, 5.41) is 18.6. The number of urea groups is 1. The van der Waals surface area contributed by atoms with Crippen LogP contribution >= 0.6 is 0 Å². The van der Waals surface area contributed by atoms with Crippen molar-refractivity contribution in [1.82, 2.24) is 9.80 Å². The zero-order chi connectivity index (χ0) is 14.9. The molecule has 2 amide bonds. The number of carbonyl (C=O) groups excluding carboxylic acids is 1. The second kappa shape index (κ2) is 5.97. The second-order valence-corrected chi connectivity index (χ2v) is 5.65. The van der Waals surface area contributed by atoms with Gasteiger partial charge in [-0.1, -0.05) is 6.92 Å². The Morgan fingerprint density at radius 3 is 2.70 bits per heavy atom. The molecule has 0 aromatic rings. The molecule has 4 atom stereocenters. The molecular weight excluding hydrogens is 264 g/mol. The third-order valence-corrected chi connectivity index (χ3v) is 4.48. The Labute approximate surface area is 118 Å². The van der Waals surface area contributed by atoms with Gasteiger partial charge in [0.15, 0.2) is 0 Å². The number of carboxylic acid groups (broad SMARTS) is 1. The molecule has 0 spiro atoms. The number of rotatable bonds is 3. The van der Waals surface area contributed by atoms with E-state index in [0.717, 1.165) is 6.42 Å². The summed E-state index contributed by atoms with van der Waals surface area (Å²) < 4.78 is 5.20. The molecular formula is C13H22N2O5. The van der Waals surface area contributed by atoms with Gasteiger partial charge in [-0.25, -0.2) is 4.79 Å². The van der Waals surface area contributed by atoms with Crippen LogP contribution in [0.25, 0.3) is 0 Å². The lowest BCUT2D eigenvalue weighted by molar-refractivity contribution is -0.142. The van der Waals surface area contributed by atoms with Crippen LogP contribution in [-0.2, 0) is 9.53 Å². The summed E-state index contributed by atoms with van der Waals surface area (Å²) >= 11 is 0. The van der Waals surface area contributed by atoms with Crippen molar-refractivity contribution < 1.29 is 24.5 Å². The number of likely N-dealkylation sites (tertiary alicyclic amines) is 1. The quantitative estimate of drug-likeness (QED) is 0.752. The minimum atomic E-state index is -0.944. The van der Waals surface area contributed by atoms with E-state index >= 15 is 0 Å². The van der Waals surface area contributed by atoms with Crippen molar-refractivity contribution in [3.63, 3.8) is 0 Å². The first-order valence-electron chi connectivity index (χ1n) is 6.92. The smallest absolute Gasteiger partial charge is 0.320 e. The monoisotopic (exact) mass is 286 g/mol. The number of likely N-dealkylation sites (N-methyl/N-ethyl adjacent to an activating group) is 1. The molecule has 20 heavy (non-hydrogen) atoms. The molecule has 0 saturated carbocycles. The number of carbonyl (C=O) groups is 2. The number of aliphatic carboxylic acids is 1. The molecule has 114 valence electrons. The van der Waals surface area contributed by atoms with E-state index in [0.29, 0.717) is 6.54 Å². The predicted octanol–water partition coefficient (Wildman–Crippen LogP) is -0.159. The van der Waals surface area contributed by atoms with Crippen molar-refractivity contribution in [1.29, 1.82) is 0 Å². The first kappa shape index (κ1) is 15.1. The van der Waals surface area contributed by atoms with E-state index in [2.05, 4.69) is 0 Å². The van der Waals surface area contributed by atoms with Gasteiger partial charge in [-0.15, -0.1) is 0 Å². The molecule has 0 aromatic heterocycles. The van der Waals surface area contributed by atoms with Crippen LogP contribution in [0.3, 0.4) is 0 Å². The Bertz CT molecular complexity index is 389. The van der Waals surface area contributed by atoms with Gasteiger partial charge in [0, 0.05) is 13.6 Å². The van der Waals surface area contributed by atoms with E-state index in [1.165, 1.54) is 4.90 Å². The van der Waals surface area contributed by atoms with Crippen molar-refractivity contribution in [3.05, 3.63) is 0 Å². The Morgan fingerprint density at radius 1 is 1.40 bits per heavy atom. The highest BCUT2D eigenvalue weighted by Crippen LogP contribution is 2.27.